The molecule has 0 saturated heterocycles. The molecule has 0 amide bonds. The Morgan fingerprint density at radius 1 is 0.971 bits per heavy atom. The van der Waals surface area contributed by atoms with Crippen LogP contribution in [-0.4, -0.2) is 70.7 Å². The Labute approximate surface area is 212 Å². The van der Waals surface area contributed by atoms with E-state index in [0.29, 0.717) is 11.5 Å². The van der Waals surface area contributed by atoms with E-state index in [9.17, 15) is 0 Å². The van der Waals surface area contributed by atoms with Gasteiger partial charge in [-0.2, -0.15) is 0 Å². The van der Waals surface area contributed by atoms with Crippen molar-refractivity contribution in [1.29, 1.82) is 0 Å². The number of anilines is 1. The zero-order valence-corrected chi connectivity index (χ0v) is 21.6. The highest BCUT2D eigenvalue weighted by molar-refractivity contribution is 6.30. The van der Waals surface area contributed by atoms with Crippen LogP contribution in [-0.2, 0) is 4.84 Å². The quantitative estimate of drug-likeness (QED) is 0.219. The van der Waals surface area contributed by atoms with Crippen molar-refractivity contribution >= 4 is 47.1 Å². The monoisotopic (exact) mass is 504 g/mol. The van der Waals surface area contributed by atoms with Crippen molar-refractivity contribution in [2.24, 2.45) is 5.16 Å². The molecule has 1 aliphatic carbocycles. The summed E-state index contributed by atoms with van der Waals surface area (Å²) >= 11 is 0. The number of likely N-dealkylation sites (N-methyl/N-ethyl adjacent to an activating group) is 2. The van der Waals surface area contributed by atoms with Gasteiger partial charge >= 0.3 is 0 Å². The first kappa shape index (κ1) is 27.2. The summed E-state index contributed by atoms with van der Waals surface area (Å²) in [5.74, 6) is 3.76. The van der Waals surface area contributed by atoms with Gasteiger partial charge in [-0.1, -0.05) is 11.1 Å². The molecule has 9 heteroatoms. The molecular formula is C25H30Cl2N4O3. The zero-order valence-electron chi connectivity index (χ0n) is 20.0. The first-order valence-corrected chi connectivity index (χ1v) is 10.4. The molecule has 0 spiro atoms. The van der Waals surface area contributed by atoms with Crippen LogP contribution >= 0.6 is 24.8 Å². The second kappa shape index (κ2) is 11.4. The summed E-state index contributed by atoms with van der Waals surface area (Å²) in [6.07, 6.45) is 5.36. The second-order valence-corrected chi connectivity index (χ2v) is 8.00. The minimum Gasteiger partial charge on any atom is -0.493 e. The molecule has 2 aromatic carbocycles. The summed E-state index contributed by atoms with van der Waals surface area (Å²) in [5.41, 5.74) is 6.76. The summed E-state index contributed by atoms with van der Waals surface area (Å²) in [7, 11) is 9.51. The maximum Gasteiger partial charge on any atom is 0.177 e. The largest absolute Gasteiger partial charge is 0.493 e. The van der Waals surface area contributed by atoms with E-state index in [0.717, 1.165) is 57.8 Å². The lowest BCUT2D eigenvalue weighted by Gasteiger charge is -2.21. The number of nitrogens with zero attached hydrogens (tertiary/aromatic N) is 3. The highest BCUT2D eigenvalue weighted by Crippen LogP contribution is 2.45. The number of nitrogens with one attached hydrogen (secondary N) is 1. The molecule has 0 unspecified atom stereocenters. The minimum atomic E-state index is 0. The van der Waals surface area contributed by atoms with E-state index in [2.05, 4.69) is 65.2 Å². The van der Waals surface area contributed by atoms with Crippen LogP contribution in [0.5, 0.6) is 11.5 Å². The summed E-state index contributed by atoms with van der Waals surface area (Å²) < 4.78 is 11.1. The third-order valence-electron chi connectivity index (χ3n) is 5.69. The van der Waals surface area contributed by atoms with Crippen molar-refractivity contribution in [1.82, 2.24) is 9.88 Å². The van der Waals surface area contributed by atoms with Crippen molar-refractivity contribution in [3.8, 4) is 35.1 Å². The fourth-order valence-electron chi connectivity index (χ4n) is 3.99. The Bertz CT molecular complexity index is 1230. The number of rotatable bonds is 8. The van der Waals surface area contributed by atoms with Crippen LogP contribution in [0.15, 0.2) is 35.5 Å². The molecular weight excluding hydrogens is 475 g/mol. The summed E-state index contributed by atoms with van der Waals surface area (Å²) in [4.78, 5) is 13.4. The molecule has 1 aliphatic rings. The normalized spacial score (nSPS) is 12.4. The van der Waals surface area contributed by atoms with Gasteiger partial charge in [0, 0.05) is 53.4 Å². The van der Waals surface area contributed by atoms with Crippen molar-refractivity contribution in [2.45, 2.75) is 0 Å². The molecule has 0 fully saturated rings. The smallest absolute Gasteiger partial charge is 0.177 e. The van der Waals surface area contributed by atoms with Crippen LogP contribution in [0.25, 0.3) is 22.2 Å². The number of methoxy groups -OCH3 is 2. The van der Waals surface area contributed by atoms with Crippen molar-refractivity contribution in [2.75, 3.05) is 60.0 Å². The maximum absolute atomic E-state index is 5.53. The van der Waals surface area contributed by atoms with Crippen molar-refractivity contribution in [3.63, 3.8) is 0 Å². The number of oxime groups is 1. The van der Waals surface area contributed by atoms with Crippen molar-refractivity contribution < 1.29 is 14.3 Å². The molecule has 0 bridgehead atoms. The van der Waals surface area contributed by atoms with E-state index in [1.807, 2.05) is 12.1 Å². The van der Waals surface area contributed by atoms with Gasteiger partial charge < -0.3 is 29.1 Å². The number of H-pyrrole nitrogens is 1. The summed E-state index contributed by atoms with van der Waals surface area (Å²) in [6, 6.07) is 10.3. The third kappa shape index (κ3) is 4.90. The van der Waals surface area contributed by atoms with Gasteiger partial charge in [0.2, 0.25) is 0 Å². The van der Waals surface area contributed by atoms with E-state index >= 15 is 0 Å². The zero-order chi connectivity index (χ0) is 22.8. The van der Waals surface area contributed by atoms with Gasteiger partial charge in [0.25, 0.3) is 0 Å². The Balaban J connectivity index is 0.00000204. The molecule has 0 aliphatic heterocycles. The van der Waals surface area contributed by atoms with Gasteiger partial charge in [-0.3, -0.25) is 0 Å². The standard InChI is InChI=1S/C25H28N4O3.2ClH/c1-7-12-32-27-25-18-15-22(31-6)21(30-5)14-17(18)24-23(25)19-13-16(8-9-20(19)26-24)29(4)11-10-28(2)3;;/h1,8-9,13-15,26H,10-12H2,2-6H3;2*1H. The Kier molecular flexibility index (Phi) is 9.11. The Hall–Kier alpha value is -3.05. The topological polar surface area (TPSA) is 62.3 Å². The Morgan fingerprint density at radius 2 is 1.65 bits per heavy atom. The lowest BCUT2D eigenvalue weighted by molar-refractivity contribution is 0.180. The molecule has 0 saturated carbocycles. The third-order valence-corrected chi connectivity index (χ3v) is 5.69. The lowest BCUT2D eigenvalue weighted by atomic mass is 10.0. The maximum atomic E-state index is 5.53. The highest BCUT2D eigenvalue weighted by Gasteiger charge is 2.32. The number of ether oxygens (including phenoxy) is 2. The van der Waals surface area contributed by atoms with Crippen LogP contribution in [0, 0.1) is 12.3 Å². The number of hydrogen-bond acceptors (Lipinski definition) is 6. The fraction of sp³-hybridized carbons (Fsp3) is 0.320. The highest BCUT2D eigenvalue weighted by atomic mass is 35.5. The lowest BCUT2D eigenvalue weighted by Crippen LogP contribution is -2.28. The van der Waals surface area contributed by atoms with Gasteiger partial charge in [-0.05, 0) is 44.4 Å². The molecule has 0 radical (unpaired) electrons. The van der Waals surface area contributed by atoms with Crippen LogP contribution in [0.2, 0.25) is 0 Å². The minimum absolute atomic E-state index is 0. The first-order valence-electron chi connectivity index (χ1n) is 10.4. The molecule has 1 aromatic heterocycles. The molecule has 4 rings (SSSR count). The molecule has 1 heterocycles. The van der Waals surface area contributed by atoms with Crippen molar-refractivity contribution in [3.05, 3.63) is 41.5 Å². The van der Waals surface area contributed by atoms with Gasteiger partial charge in [-0.25, -0.2) is 0 Å². The molecule has 34 heavy (non-hydrogen) atoms. The number of terminal acetylenes is 1. The average molecular weight is 505 g/mol. The molecule has 3 aromatic rings. The first-order chi connectivity index (χ1) is 15.5. The van der Waals surface area contributed by atoms with E-state index in [1.165, 1.54) is 0 Å². The second-order valence-electron chi connectivity index (χ2n) is 8.00. The van der Waals surface area contributed by atoms with Crippen LogP contribution in [0.4, 0.5) is 5.69 Å². The van der Waals surface area contributed by atoms with E-state index < -0.39 is 0 Å². The number of aromatic nitrogens is 1. The van der Waals surface area contributed by atoms with E-state index in [-0.39, 0.29) is 31.4 Å². The molecule has 0 atom stereocenters. The number of halogens is 2. The van der Waals surface area contributed by atoms with E-state index in [1.54, 1.807) is 14.2 Å². The predicted octanol–water partition coefficient (Wildman–Crippen LogP) is 4.41. The molecule has 1 N–H and O–H groups in total. The van der Waals surface area contributed by atoms with Gasteiger partial charge in [0.1, 0.15) is 5.71 Å². The van der Waals surface area contributed by atoms with Gasteiger partial charge in [-0.15, -0.1) is 31.2 Å². The number of fused-ring (bicyclic) bond motifs is 5. The fourth-order valence-corrected chi connectivity index (χ4v) is 3.99. The van der Waals surface area contributed by atoms with Crippen LogP contribution in [0.1, 0.15) is 11.1 Å². The Morgan fingerprint density at radius 3 is 2.26 bits per heavy atom. The molecule has 7 nitrogen and oxygen atoms in total. The number of benzene rings is 2. The summed E-state index contributed by atoms with van der Waals surface area (Å²) in [6.45, 7) is 1.99. The van der Waals surface area contributed by atoms with E-state index in [4.69, 9.17) is 20.7 Å². The van der Waals surface area contributed by atoms with Crippen LogP contribution < -0.4 is 14.4 Å². The van der Waals surface area contributed by atoms with Gasteiger partial charge in [0.05, 0.1) is 19.9 Å². The SMILES string of the molecule is C#CCON=C1c2cc(OC)c(OC)cc2-c2[nH]c3ccc(N(C)CCN(C)C)cc3c21.Cl.Cl. The predicted molar refractivity (Wildman–Crippen MR) is 144 cm³/mol. The van der Waals surface area contributed by atoms with Gasteiger partial charge in [0.15, 0.2) is 18.1 Å². The van der Waals surface area contributed by atoms with Crippen LogP contribution in [0.3, 0.4) is 0 Å². The number of aromatic amines is 1. The molecule has 182 valence electrons. The summed E-state index contributed by atoms with van der Waals surface area (Å²) in [5, 5.41) is 5.50. The average Bonchev–Trinajstić information content (AvgIpc) is 3.30. The number of hydrogen-bond donors (Lipinski definition) is 1.